The minimum atomic E-state index is -0.154. The van der Waals surface area contributed by atoms with Gasteiger partial charge in [-0.25, -0.2) is 0 Å². The Morgan fingerprint density at radius 1 is 1.28 bits per heavy atom. The number of nitrogens with one attached hydrogen (secondary N) is 1. The molecule has 0 saturated carbocycles. The highest BCUT2D eigenvalue weighted by Gasteiger charge is 2.28. The molecule has 1 fully saturated rings. The number of nitrogens with zero attached hydrogens (tertiary/aromatic N) is 2. The highest BCUT2D eigenvalue weighted by molar-refractivity contribution is 6.31. The number of rotatable bonds is 5. The van der Waals surface area contributed by atoms with Crippen LogP contribution in [0.4, 0.5) is 0 Å². The normalized spacial score (nSPS) is 15.4. The summed E-state index contributed by atoms with van der Waals surface area (Å²) >= 11 is 6.35. The van der Waals surface area contributed by atoms with E-state index in [1.807, 2.05) is 13.1 Å². The maximum atomic E-state index is 12.2. The molecule has 29 heavy (non-hydrogen) atoms. The number of aromatic nitrogens is 2. The molecule has 0 radical (unpaired) electrons. The average Bonchev–Trinajstić information content (AvgIpc) is 3.04. The summed E-state index contributed by atoms with van der Waals surface area (Å²) in [6.45, 7) is 12.1. The smallest absolute Gasteiger partial charge is 0.269 e. The zero-order chi connectivity index (χ0) is 20.9. The SMILES string of the molecule is CCCN1CC(c2ccc3[nH]c(-c4cn(C)c(=O)c(Cl)c4C)c(C(C)C)c3c2)C1. The number of aryl methyl sites for hydroxylation is 1. The largest absolute Gasteiger partial charge is 0.354 e. The van der Waals surface area contributed by atoms with Gasteiger partial charge in [0.2, 0.25) is 0 Å². The molecule has 3 aromatic rings. The molecule has 4 nitrogen and oxygen atoms in total. The number of H-pyrrole nitrogens is 1. The lowest BCUT2D eigenvalue weighted by Crippen LogP contribution is -2.45. The number of hydrogen-bond donors (Lipinski definition) is 1. The molecule has 4 rings (SSSR count). The predicted molar refractivity (Wildman–Crippen MR) is 122 cm³/mol. The summed E-state index contributed by atoms with van der Waals surface area (Å²) < 4.78 is 1.57. The molecule has 0 aliphatic carbocycles. The summed E-state index contributed by atoms with van der Waals surface area (Å²) in [5, 5.41) is 1.58. The Morgan fingerprint density at radius 3 is 2.66 bits per heavy atom. The van der Waals surface area contributed by atoms with Gasteiger partial charge in [-0.3, -0.25) is 4.79 Å². The number of hydrogen-bond acceptors (Lipinski definition) is 2. The average molecular weight is 412 g/mol. The van der Waals surface area contributed by atoms with E-state index in [4.69, 9.17) is 11.6 Å². The van der Waals surface area contributed by atoms with Crippen molar-refractivity contribution in [2.45, 2.75) is 46.0 Å². The molecule has 1 aliphatic heterocycles. The summed E-state index contributed by atoms with van der Waals surface area (Å²) in [5.41, 5.74) is 6.61. The van der Waals surface area contributed by atoms with Gasteiger partial charge in [-0.15, -0.1) is 0 Å². The third kappa shape index (κ3) is 3.43. The summed E-state index contributed by atoms with van der Waals surface area (Å²) in [5.74, 6) is 0.973. The molecule has 1 saturated heterocycles. The van der Waals surface area contributed by atoms with Crippen LogP contribution in [0.15, 0.2) is 29.2 Å². The van der Waals surface area contributed by atoms with E-state index < -0.39 is 0 Å². The van der Waals surface area contributed by atoms with Gasteiger partial charge in [-0.2, -0.15) is 0 Å². The van der Waals surface area contributed by atoms with Gasteiger partial charge in [0.25, 0.3) is 5.56 Å². The first-order valence-corrected chi connectivity index (χ1v) is 10.9. The molecule has 0 unspecified atom stereocenters. The van der Waals surface area contributed by atoms with Crippen LogP contribution in [0.1, 0.15) is 55.7 Å². The molecular weight excluding hydrogens is 382 g/mol. The van der Waals surface area contributed by atoms with Crippen LogP contribution < -0.4 is 5.56 Å². The molecule has 2 aromatic heterocycles. The van der Waals surface area contributed by atoms with E-state index in [-0.39, 0.29) is 5.56 Å². The monoisotopic (exact) mass is 411 g/mol. The zero-order valence-corrected chi connectivity index (χ0v) is 18.7. The maximum Gasteiger partial charge on any atom is 0.269 e. The third-order valence-electron chi connectivity index (χ3n) is 6.24. The van der Waals surface area contributed by atoms with Crippen molar-refractivity contribution < 1.29 is 0 Å². The lowest BCUT2D eigenvalue weighted by atomic mass is 9.88. The van der Waals surface area contributed by atoms with E-state index in [1.165, 1.54) is 29.5 Å². The van der Waals surface area contributed by atoms with Gasteiger partial charge in [0.15, 0.2) is 0 Å². The maximum absolute atomic E-state index is 12.2. The summed E-state index contributed by atoms with van der Waals surface area (Å²) in [7, 11) is 1.76. The molecule has 1 aromatic carbocycles. The lowest BCUT2D eigenvalue weighted by Gasteiger charge is -2.39. The van der Waals surface area contributed by atoms with Crippen molar-refractivity contribution >= 4 is 22.5 Å². The third-order valence-corrected chi connectivity index (χ3v) is 6.69. The van der Waals surface area contributed by atoms with Crippen LogP contribution in [0, 0.1) is 6.92 Å². The molecule has 5 heteroatoms. The summed E-state index contributed by atoms with van der Waals surface area (Å²) in [6, 6.07) is 6.85. The first kappa shape index (κ1) is 20.2. The van der Waals surface area contributed by atoms with Gasteiger partial charge in [0.1, 0.15) is 5.02 Å². The minimum absolute atomic E-state index is 0.154. The second-order valence-electron chi connectivity index (χ2n) is 8.73. The number of likely N-dealkylation sites (tertiary alicyclic amines) is 1. The van der Waals surface area contributed by atoms with E-state index in [9.17, 15) is 4.79 Å². The molecule has 0 bridgehead atoms. The van der Waals surface area contributed by atoms with Crippen LogP contribution in [-0.2, 0) is 7.05 Å². The summed E-state index contributed by atoms with van der Waals surface area (Å²) in [4.78, 5) is 18.4. The Labute approximate surface area is 177 Å². The van der Waals surface area contributed by atoms with Crippen LogP contribution in [0.25, 0.3) is 22.2 Å². The molecule has 0 amide bonds. The van der Waals surface area contributed by atoms with Gasteiger partial charge >= 0.3 is 0 Å². The molecular formula is C24H30ClN3O. The molecule has 0 spiro atoms. The standard InChI is InChI=1S/C24H30ClN3O/c1-6-9-28-11-17(12-28)16-7-8-20-18(10-16)21(14(2)3)23(26-20)19-13-27(5)24(29)22(25)15(19)4/h7-8,10,13-14,17,26H,6,9,11-12H2,1-5H3. The number of fused-ring (bicyclic) bond motifs is 1. The molecule has 0 atom stereocenters. The van der Waals surface area contributed by atoms with Crippen molar-refractivity contribution in [3.63, 3.8) is 0 Å². The fraction of sp³-hybridized carbons (Fsp3) is 0.458. The fourth-order valence-corrected chi connectivity index (χ4v) is 4.85. The Balaban J connectivity index is 1.83. The van der Waals surface area contributed by atoms with Crippen molar-refractivity contribution in [3.8, 4) is 11.3 Å². The first-order chi connectivity index (χ1) is 13.8. The molecule has 154 valence electrons. The second-order valence-corrected chi connectivity index (χ2v) is 9.11. The van der Waals surface area contributed by atoms with Gasteiger partial charge in [-0.05, 0) is 54.6 Å². The van der Waals surface area contributed by atoms with Crippen molar-refractivity contribution in [2.24, 2.45) is 7.05 Å². The highest BCUT2D eigenvalue weighted by atomic mass is 35.5. The van der Waals surface area contributed by atoms with Crippen LogP contribution in [0.5, 0.6) is 0 Å². The van der Waals surface area contributed by atoms with Crippen LogP contribution in [-0.4, -0.2) is 34.1 Å². The van der Waals surface area contributed by atoms with Crippen molar-refractivity contribution in [3.05, 3.63) is 56.5 Å². The highest BCUT2D eigenvalue weighted by Crippen LogP contribution is 2.39. The molecule has 1 N–H and O–H groups in total. The Hall–Kier alpha value is -2.04. The van der Waals surface area contributed by atoms with Crippen molar-refractivity contribution in [1.29, 1.82) is 0 Å². The van der Waals surface area contributed by atoms with E-state index in [0.29, 0.717) is 16.9 Å². The number of pyridine rings is 1. The topological polar surface area (TPSA) is 41.0 Å². The van der Waals surface area contributed by atoms with E-state index in [2.05, 4.69) is 48.9 Å². The van der Waals surface area contributed by atoms with Crippen molar-refractivity contribution in [2.75, 3.05) is 19.6 Å². The van der Waals surface area contributed by atoms with E-state index in [1.54, 1.807) is 11.6 Å². The minimum Gasteiger partial charge on any atom is -0.354 e. The zero-order valence-electron chi connectivity index (χ0n) is 18.0. The second kappa shape index (κ2) is 7.66. The van der Waals surface area contributed by atoms with Crippen molar-refractivity contribution in [1.82, 2.24) is 14.5 Å². The van der Waals surface area contributed by atoms with Gasteiger partial charge in [-0.1, -0.05) is 38.4 Å². The van der Waals surface area contributed by atoms with Crippen LogP contribution in [0.2, 0.25) is 5.02 Å². The Morgan fingerprint density at radius 2 is 2.00 bits per heavy atom. The predicted octanol–water partition coefficient (Wildman–Crippen LogP) is 5.43. The van der Waals surface area contributed by atoms with Crippen LogP contribution >= 0.6 is 11.6 Å². The first-order valence-electron chi connectivity index (χ1n) is 10.6. The Kier molecular flexibility index (Phi) is 5.34. The van der Waals surface area contributed by atoms with Crippen LogP contribution in [0.3, 0.4) is 0 Å². The molecule has 3 heterocycles. The summed E-state index contributed by atoms with van der Waals surface area (Å²) in [6.07, 6.45) is 3.11. The van der Waals surface area contributed by atoms with Gasteiger partial charge < -0.3 is 14.5 Å². The van der Waals surface area contributed by atoms with Gasteiger partial charge in [0.05, 0.1) is 5.69 Å². The fourth-order valence-electron chi connectivity index (χ4n) is 4.61. The lowest BCUT2D eigenvalue weighted by molar-refractivity contribution is 0.149. The molecule has 1 aliphatic rings. The van der Waals surface area contributed by atoms with Gasteiger partial charge in [0, 0.05) is 48.7 Å². The number of aromatic amines is 1. The quantitative estimate of drug-likeness (QED) is 0.608. The van der Waals surface area contributed by atoms with E-state index >= 15 is 0 Å². The van der Waals surface area contributed by atoms with E-state index in [0.717, 1.165) is 35.4 Å². The Bertz CT molecular complexity index is 1120. The number of halogens is 1. The number of benzene rings is 1.